The number of hydrogen-bond donors (Lipinski definition) is 0. The molecule has 1 nitrogen and oxygen atoms in total. The van der Waals surface area contributed by atoms with E-state index in [1.165, 1.54) is 5.75 Å². The summed E-state index contributed by atoms with van der Waals surface area (Å²) < 4.78 is 0. The standard InChI is InChI=1S/C6H10OS/c1-5(7)6-2-3-8-4-6/h6H,2-4H2,1H3. The lowest BCUT2D eigenvalue weighted by Crippen LogP contribution is -2.08. The van der Waals surface area contributed by atoms with E-state index in [4.69, 9.17) is 0 Å². The molecule has 0 saturated carbocycles. The molecule has 0 aromatic heterocycles. The summed E-state index contributed by atoms with van der Waals surface area (Å²) in [5, 5.41) is 0. The number of thioether (sulfide) groups is 1. The zero-order valence-corrected chi connectivity index (χ0v) is 5.83. The van der Waals surface area contributed by atoms with E-state index in [9.17, 15) is 4.79 Å². The number of carbonyl (C=O) groups is 1. The molecular weight excluding hydrogens is 120 g/mol. The van der Waals surface area contributed by atoms with Gasteiger partial charge >= 0.3 is 0 Å². The topological polar surface area (TPSA) is 17.1 Å². The molecule has 0 N–H and O–H groups in total. The minimum Gasteiger partial charge on any atom is -0.300 e. The largest absolute Gasteiger partial charge is 0.300 e. The fourth-order valence-electron chi connectivity index (χ4n) is 0.855. The maximum Gasteiger partial charge on any atom is 0.133 e. The average molecular weight is 130 g/mol. The number of Topliss-reactive ketones (excluding diaryl/α,β-unsaturated/α-hetero) is 1. The first-order valence-electron chi connectivity index (χ1n) is 2.89. The summed E-state index contributed by atoms with van der Waals surface area (Å²) >= 11 is 1.89. The Morgan fingerprint density at radius 2 is 2.50 bits per heavy atom. The van der Waals surface area contributed by atoms with Crippen LogP contribution in [0.4, 0.5) is 0 Å². The van der Waals surface area contributed by atoms with Crippen LogP contribution in [0.25, 0.3) is 0 Å². The van der Waals surface area contributed by atoms with Crippen molar-refractivity contribution in [2.24, 2.45) is 5.92 Å². The summed E-state index contributed by atoms with van der Waals surface area (Å²) in [6.07, 6.45) is 1.11. The van der Waals surface area contributed by atoms with E-state index < -0.39 is 0 Å². The van der Waals surface area contributed by atoms with E-state index in [-0.39, 0.29) is 0 Å². The average Bonchev–Trinajstić information content (AvgIpc) is 2.12. The van der Waals surface area contributed by atoms with Crippen LogP contribution in [0, 0.1) is 5.92 Å². The summed E-state index contributed by atoms with van der Waals surface area (Å²) in [5.41, 5.74) is 0. The van der Waals surface area contributed by atoms with Gasteiger partial charge < -0.3 is 0 Å². The molecule has 1 heterocycles. The lowest BCUT2D eigenvalue weighted by Gasteiger charge is -1.98. The molecule has 1 atom stereocenters. The third-order valence-corrected chi connectivity index (χ3v) is 2.67. The highest BCUT2D eigenvalue weighted by Gasteiger charge is 2.18. The van der Waals surface area contributed by atoms with Gasteiger partial charge in [-0.05, 0) is 19.1 Å². The monoisotopic (exact) mass is 130 g/mol. The van der Waals surface area contributed by atoms with Crippen molar-refractivity contribution >= 4 is 17.5 Å². The number of ketones is 1. The van der Waals surface area contributed by atoms with Crippen LogP contribution in [0.5, 0.6) is 0 Å². The molecule has 0 bridgehead atoms. The predicted molar refractivity (Wildman–Crippen MR) is 36.1 cm³/mol. The molecule has 2 heteroatoms. The second kappa shape index (κ2) is 2.53. The fourth-order valence-corrected chi connectivity index (χ4v) is 2.16. The van der Waals surface area contributed by atoms with Gasteiger partial charge in [-0.1, -0.05) is 0 Å². The van der Waals surface area contributed by atoms with Crippen LogP contribution in [-0.2, 0) is 4.79 Å². The molecule has 0 spiro atoms. The maximum absolute atomic E-state index is 10.6. The van der Waals surface area contributed by atoms with Gasteiger partial charge in [-0.25, -0.2) is 0 Å². The van der Waals surface area contributed by atoms with Gasteiger partial charge in [-0.15, -0.1) is 0 Å². The van der Waals surface area contributed by atoms with E-state index in [0.29, 0.717) is 11.7 Å². The molecule has 1 fully saturated rings. The summed E-state index contributed by atoms with van der Waals surface area (Å²) in [7, 11) is 0. The zero-order valence-electron chi connectivity index (χ0n) is 5.02. The summed E-state index contributed by atoms with van der Waals surface area (Å²) in [4.78, 5) is 10.6. The normalized spacial score (nSPS) is 28.4. The Bertz CT molecular complexity index is 94.7. The number of rotatable bonds is 1. The van der Waals surface area contributed by atoms with Gasteiger partial charge in [0.05, 0.1) is 0 Å². The molecule has 1 rings (SSSR count). The minimum atomic E-state index is 0.370. The van der Waals surface area contributed by atoms with Crippen molar-refractivity contribution in [1.82, 2.24) is 0 Å². The first-order valence-corrected chi connectivity index (χ1v) is 4.04. The Morgan fingerprint density at radius 1 is 1.75 bits per heavy atom. The van der Waals surface area contributed by atoms with E-state index in [1.807, 2.05) is 11.8 Å². The fraction of sp³-hybridized carbons (Fsp3) is 0.833. The van der Waals surface area contributed by atoms with Crippen LogP contribution in [0.3, 0.4) is 0 Å². The number of carbonyl (C=O) groups excluding carboxylic acids is 1. The molecule has 8 heavy (non-hydrogen) atoms. The van der Waals surface area contributed by atoms with Crippen LogP contribution in [0.15, 0.2) is 0 Å². The van der Waals surface area contributed by atoms with E-state index in [1.54, 1.807) is 6.92 Å². The molecule has 0 aromatic carbocycles. The first-order chi connectivity index (χ1) is 3.80. The number of hydrogen-bond acceptors (Lipinski definition) is 2. The van der Waals surface area contributed by atoms with Crippen molar-refractivity contribution in [2.45, 2.75) is 13.3 Å². The summed E-state index contributed by atoms with van der Waals surface area (Å²) in [5.74, 6) is 3.01. The SMILES string of the molecule is CC(=O)C1CCSC1. The maximum atomic E-state index is 10.6. The lowest BCUT2D eigenvalue weighted by atomic mass is 10.1. The van der Waals surface area contributed by atoms with Crippen molar-refractivity contribution in [1.29, 1.82) is 0 Å². The lowest BCUT2D eigenvalue weighted by molar-refractivity contribution is -0.119. The Labute approximate surface area is 53.8 Å². The highest BCUT2D eigenvalue weighted by Crippen LogP contribution is 2.23. The van der Waals surface area contributed by atoms with Gasteiger partial charge in [0.1, 0.15) is 5.78 Å². The van der Waals surface area contributed by atoms with Crippen molar-refractivity contribution in [3.63, 3.8) is 0 Å². The van der Waals surface area contributed by atoms with Crippen molar-refractivity contribution in [2.75, 3.05) is 11.5 Å². The van der Waals surface area contributed by atoms with E-state index in [2.05, 4.69) is 0 Å². The second-order valence-electron chi connectivity index (χ2n) is 2.17. The highest BCUT2D eigenvalue weighted by atomic mass is 32.2. The van der Waals surface area contributed by atoms with Crippen molar-refractivity contribution in [3.8, 4) is 0 Å². The third kappa shape index (κ3) is 1.25. The molecule has 0 aliphatic carbocycles. The van der Waals surface area contributed by atoms with Crippen molar-refractivity contribution < 1.29 is 4.79 Å². The third-order valence-electron chi connectivity index (χ3n) is 1.50. The molecule has 0 amide bonds. The highest BCUT2D eigenvalue weighted by molar-refractivity contribution is 7.99. The zero-order chi connectivity index (χ0) is 5.98. The Kier molecular flexibility index (Phi) is 1.95. The smallest absolute Gasteiger partial charge is 0.133 e. The van der Waals surface area contributed by atoms with Gasteiger partial charge in [0.25, 0.3) is 0 Å². The van der Waals surface area contributed by atoms with Gasteiger partial charge in [0.15, 0.2) is 0 Å². The quantitative estimate of drug-likeness (QED) is 0.532. The second-order valence-corrected chi connectivity index (χ2v) is 3.32. The molecule has 0 aromatic rings. The van der Waals surface area contributed by atoms with Crippen LogP contribution < -0.4 is 0 Å². The van der Waals surface area contributed by atoms with Crippen LogP contribution in [-0.4, -0.2) is 17.3 Å². The minimum absolute atomic E-state index is 0.370. The van der Waals surface area contributed by atoms with Gasteiger partial charge in [0.2, 0.25) is 0 Å². The molecule has 1 aliphatic rings. The molecule has 1 aliphatic heterocycles. The van der Waals surface area contributed by atoms with Gasteiger partial charge in [0, 0.05) is 11.7 Å². The Morgan fingerprint density at radius 3 is 2.75 bits per heavy atom. The van der Waals surface area contributed by atoms with Crippen LogP contribution in [0.1, 0.15) is 13.3 Å². The van der Waals surface area contributed by atoms with Gasteiger partial charge in [-0.3, -0.25) is 4.79 Å². The molecule has 1 saturated heterocycles. The van der Waals surface area contributed by atoms with E-state index >= 15 is 0 Å². The first kappa shape index (κ1) is 6.14. The Balaban J connectivity index is 2.35. The van der Waals surface area contributed by atoms with Crippen LogP contribution >= 0.6 is 11.8 Å². The summed E-state index contributed by atoms with van der Waals surface area (Å²) in [6, 6.07) is 0. The molecule has 1 unspecified atom stereocenters. The Hall–Kier alpha value is 0.0200. The van der Waals surface area contributed by atoms with E-state index in [0.717, 1.165) is 12.2 Å². The molecule has 46 valence electrons. The van der Waals surface area contributed by atoms with Gasteiger partial charge in [-0.2, -0.15) is 11.8 Å². The van der Waals surface area contributed by atoms with Crippen molar-refractivity contribution in [3.05, 3.63) is 0 Å². The molecule has 0 radical (unpaired) electrons. The predicted octanol–water partition coefficient (Wildman–Crippen LogP) is 1.33. The van der Waals surface area contributed by atoms with Crippen LogP contribution in [0.2, 0.25) is 0 Å². The summed E-state index contributed by atoms with van der Waals surface area (Å²) in [6.45, 7) is 1.69. The molecular formula is C6H10OS.